The number of nitrogens with one attached hydrogen (secondary N) is 2. The summed E-state index contributed by atoms with van der Waals surface area (Å²) in [7, 11) is 10.3. The summed E-state index contributed by atoms with van der Waals surface area (Å²) in [6.45, 7) is 11.6. The van der Waals surface area contributed by atoms with Crippen molar-refractivity contribution in [2.75, 3.05) is 52.0 Å². The molecule has 222 valence electrons. The van der Waals surface area contributed by atoms with E-state index >= 15 is 0 Å². The zero-order valence-electron chi connectivity index (χ0n) is 26.9. The zero-order chi connectivity index (χ0) is 31.0. The molecule has 0 saturated heterocycles. The number of hydrogen-bond donors (Lipinski definition) is 2. The standard InChI is InChI=1S/C18H22N3S.C17H19N3S/c1-11-7-13(20(3)4)9-15-17(11)19-18-12(2)8-14(21(5)6)10-16(18)22-15;1-5-19-13-9-17-15(7-11(13)3)20-14-6-10(2)12(18-4)8-16(14)21-17/h7-10H,1-6H3;6-9,19H,5H2,1-4H3/q+1;/p+1. The van der Waals surface area contributed by atoms with Gasteiger partial charge in [0.2, 0.25) is 10.7 Å². The zero-order valence-corrected chi connectivity index (χ0v) is 28.6. The van der Waals surface area contributed by atoms with E-state index in [1.165, 1.54) is 63.5 Å². The number of aryl methyl sites for hydroxylation is 4. The molecule has 2 N–H and O–H groups in total. The second kappa shape index (κ2) is 12.4. The first-order valence-corrected chi connectivity index (χ1v) is 16.3. The Morgan fingerprint density at radius 3 is 2.21 bits per heavy atom. The lowest BCUT2D eigenvalue weighted by molar-refractivity contribution is -0.466. The maximum Gasteiger partial charge on any atom is 0.202 e. The predicted molar refractivity (Wildman–Crippen MR) is 187 cm³/mol. The van der Waals surface area contributed by atoms with E-state index in [4.69, 9.17) is 9.97 Å². The predicted octanol–water partition coefficient (Wildman–Crippen LogP) is 5.18. The van der Waals surface area contributed by atoms with Crippen molar-refractivity contribution in [2.45, 2.75) is 34.6 Å². The quantitative estimate of drug-likeness (QED) is 0.214. The van der Waals surface area contributed by atoms with Crippen LogP contribution in [-0.2, 0) is 0 Å². The van der Waals surface area contributed by atoms with E-state index in [0.717, 1.165) is 29.0 Å². The molecular formula is C35H42N6S2+2. The lowest BCUT2D eigenvalue weighted by Gasteiger charge is -2.16. The summed E-state index contributed by atoms with van der Waals surface area (Å²) in [4.78, 5) is 17.6. The third-order valence-electron chi connectivity index (χ3n) is 7.69. The maximum absolute atomic E-state index is 4.95. The van der Waals surface area contributed by atoms with Gasteiger partial charge in [0.15, 0.2) is 0 Å². The van der Waals surface area contributed by atoms with Crippen molar-refractivity contribution in [3.05, 3.63) is 81.5 Å². The fourth-order valence-electron chi connectivity index (χ4n) is 5.23. The smallest absolute Gasteiger partial charge is 0.202 e. The van der Waals surface area contributed by atoms with Gasteiger partial charge in [0.05, 0.1) is 41.6 Å². The van der Waals surface area contributed by atoms with Crippen LogP contribution in [0.4, 0.5) is 11.4 Å². The number of benzene rings is 4. The lowest BCUT2D eigenvalue weighted by atomic mass is 10.1. The highest BCUT2D eigenvalue weighted by atomic mass is 32.1. The molecule has 6 rings (SSSR count). The van der Waals surface area contributed by atoms with Crippen LogP contribution >= 0.6 is 22.7 Å². The largest absolute Gasteiger partial charge is 0.385 e. The highest BCUT2D eigenvalue weighted by Gasteiger charge is 2.15. The molecule has 0 spiro atoms. The first-order valence-electron chi connectivity index (χ1n) is 14.6. The number of rotatable bonds is 3. The van der Waals surface area contributed by atoms with E-state index in [-0.39, 0.29) is 0 Å². The summed E-state index contributed by atoms with van der Waals surface area (Å²) in [5, 5.41) is 5.80. The van der Waals surface area contributed by atoms with Crippen LogP contribution in [0.25, 0.3) is 41.6 Å². The molecule has 0 amide bonds. The van der Waals surface area contributed by atoms with Gasteiger partial charge in [0.1, 0.15) is 21.1 Å². The SMILES string of the molecule is CCNc1cc2sc3cc(=[NH+]C)c(C)cc-3nc2cc1C.Cc1cc(=[N+](C)C)cc2sc3cc(N(C)C)cc(C)c3nc1-2. The molecule has 2 aromatic carbocycles. The fraction of sp³-hybridized carbons (Fsp3) is 0.314. The summed E-state index contributed by atoms with van der Waals surface area (Å²) >= 11 is 3.62. The van der Waals surface area contributed by atoms with Crippen LogP contribution in [0.15, 0.2) is 48.5 Å². The van der Waals surface area contributed by atoms with Gasteiger partial charge in [-0.3, -0.25) is 0 Å². The third-order valence-corrected chi connectivity index (χ3v) is 9.84. The lowest BCUT2D eigenvalue weighted by Crippen LogP contribution is -2.72. The molecule has 0 saturated carbocycles. The van der Waals surface area contributed by atoms with Crippen LogP contribution in [0.3, 0.4) is 0 Å². The molecule has 43 heavy (non-hydrogen) atoms. The number of nitrogens with zero attached hydrogens (tertiary/aromatic N) is 4. The van der Waals surface area contributed by atoms with E-state index < -0.39 is 0 Å². The molecular weight excluding hydrogens is 569 g/mol. The Morgan fingerprint density at radius 1 is 0.791 bits per heavy atom. The van der Waals surface area contributed by atoms with Crippen molar-refractivity contribution < 1.29 is 4.99 Å². The second-order valence-electron chi connectivity index (χ2n) is 11.5. The van der Waals surface area contributed by atoms with E-state index in [2.05, 4.69) is 131 Å². The third kappa shape index (κ3) is 6.26. The van der Waals surface area contributed by atoms with Crippen LogP contribution in [0.5, 0.6) is 0 Å². The summed E-state index contributed by atoms with van der Waals surface area (Å²) in [6, 6.07) is 17.6. The van der Waals surface area contributed by atoms with Crippen molar-refractivity contribution >= 4 is 54.5 Å². The average molecular weight is 611 g/mol. The molecule has 0 aromatic heterocycles. The molecule has 8 heteroatoms. The number of hydrogen-bond acceptors (Lipinski definition) is 6. The van der Waals surface area contributed by atoms with Gasteiger partial charge < -0.3 is 10.2 Å². The van der Waals surface area contributed by atoms with Gasteiger partial charge >= 0.3 is 0 Å². The van der Waals surface area contributed by atoms with E-state index in [1.54, 1.807) is 11.3 Å². The van der Waals surface area contributed by atoms with Crippen LogP contribution in [0, 0.1) is 27.7 Å². The Hall–Kier alpha value is -3.88. The first-order chi connectivity index (χ1) is 20.5. The van der Waals surface area contributed by atoms with Crippen molar-refractivity contribution in [1.82, 2.24) is 14.5 Å². The molecule has 6 nitrogen and oxygen atoms in total. The topological polar surface area (TPSA) is 58.0 Å². The molecule has 4 aliphatic rings. The molecule has 2 aliphatic heterocycles. The summed E-state index contributed by atoms with van der Waals surface area (Å²) in [5.74, 6) is 0. The Bertz CT molecular complexity index is 2050. The van der Waals surface area contributed by atoms with Gasteiger partial charge in [-0.2, -0.15) is 0 Å². The Labute approximate surface area is 262 Å². The van der Waals surface area contributed by atoms with Crippen LogP contribution < -0.4 is 30.5 Å². The van der Waals surface area contributed by atoms with E-state index in [1.807, 2.05) is 18.4 Å². The number of aromatic nitrogens is 2. The van der Waals surface area contributed by atoms with Gasteiger partial charge in [-0.05, 0) is 81.6 Å². The Balaban J connectivity index is 0.000000171. The van der Waals surface area contributed by atoms with Gasteiger partial charge in [-0.1, -0.05) is 0 Å². The molecule has 0 unspecified atom stereocenters. The molecule has 0 bridgehead atoms. The maximum atomic E-state index is 4.95. The van der Waals surface area contributed by atoms with Crippen molar-refractivity contribution in [1.29, 1.82) is 0 Å². The second-order valence-corrected chi connectivity index (χ2v) is 13.7. The molecule has 2 heterocycles. The Morgan fingerprint density at radius 2 is 1.53 bits per heavy atom. The number of fused-ring (bicyclic) bond motifs is 4. The fourth-order valence-corrected chi connectivity index (χ4v) is 7.44. The molecule has 0 atom stereocenters. The highest BCUT2D eigenvalue weighted by Crippen LogP contribution is 2.35. The van der Waals surface area contributed by atoms with E-state index in [0.29, 0.717) is 0 Å². The van der Waals surface area contributed by atoms with Gasteiger partial charge in [0.25, 0.3) is 0 Å². The summed E-state index contributed by atoms with van der Waals surface area (Å²) < 4.78 is 4.60. The molecule has 2 aromatic rings. The minimum Gasteiger partial charge on any atom is -0.385 e. The first kappa shape index (κ1) is 30.6. The van der Waals surface area contributed by atoms with Crippen molar-refractivity contribution in [3.63, 3.8) is 0 Å². The normalized spacial score (nSPS) is 11.7. The van der Waals surface area contributed by atoms with Gasteiger partial charge in [-0.25, -0.2) is 19.5 Å². The van der Waals surface area contributed by atoms with Crippen molar-refractivity contribution in [2.24, 2.45) is 0 Å². The Kier molecular flexibility index (Phi) is 8.81. The van der Waals surface area contributed by atoms with Crippen molar-refractivity contribution in [3.8, 4) is 21.1 Å². The minimum atomic E-state index is 0.932. The summed E-state index contributed by atoms with van der Waals surface area (Å²) in [6.07, 6.45) is 0. The van der Waals surface area contributed by atoms with Crippen LogP contribution in [-0.4, -0.2) is 51.8 Å². The van der Waals surface area contributed by atoms with Gasteiger partial charge in [-0.15, -0.1) is 22.7 Å². The highest BCUT2D eigenvalue weighted by molar-refractivity contribution is 7.21. The van der Waals surface area contributed by atoms with Crippen LogP contribution in [0.2, 0.25) is 0 Å². The van der Waals surface area contributed by atoms with Crippen LogP contribution in [0.1, 0.15) is 29.2 Å². The van der Waals surface area contributed by atoms with E-state index in [9.17, 15) is 0 Å². The molecule has 0 radical (unpaired) electrons. The number of anilines is 2. The monoisotopic (exact) mass is 610 g/mol. The molecule has 0 fully saturated rings. The summed E-state index contributed by atoms with van der Waals surface area (Å²) in [5.41, 5.74) is 11.7. The average Bonchev–Trinajstić information content (AvgIpc) is 2.96. The van der Waals surface area contributed by atoms with Gasteiger partial charge in [0, 0.05) is 55.8 Å². The minimum absolute atomic E-state index is 0.932. The molecule has 2 aliphatic carbocycles.